The molecule has 3 nitrogen and oxygen atoms in total. The second kappa shape index (κ2) is 5.06. The van der Waals surface area contributed by atoms with Gasteiger partial charge in [-0.2, -0.15) is 0 Å². The van der Waals surface area contributed by atoms with Gasteiger partial charge in [0.2, 0.25) is 0 Å². The summed E-state index contributed by atoms with van der Waals surface area (Å²) in [6, 6.07) is 7.78. The molecule has 1 N–H and O–H groups in total. The average molecular weight is 259 g/mol. The Morgan fingerprint density at radius 3 is 2.68 bits per heavy atom. The number of likely N-dealkylation sites (tertiary alicyclic amines) is 1. The smallest absolute Gasteiger partial charge is 0.176 e. The number of rotatable bonds is 3. The highest BCUT2D eigenvalue weighted by molar-refractivity contribution is 5.97. The first-order chi connectivity index (χ1) is 9.13. The van der Waals surface area contributed by atoms with Crippen LogP contribution in [0.2, 0.25) is 0 Å². The number of aliphatic hydroxyl groups is 1. The lowest BCUT2D eigenvalue weighted by molar-refractivity contribution is 0.0920. The summed E-state index contributed by atoms with van der Waals surface area (Å²) in [4.78, 5) is 14.4. The molecule has 0 aromatic heterocycles. The topological polar surface area (TPSA) is 40.5 Å². The Kier molecular flexibility index (Phi) is 3.42. The predicted octanol–water partition coefficient (Wildman–Crippen LogP) is 1.88. The summed E-state index contributed by atoms with van der Waals surface area (Å²) in [6.45, 7) is 4.36. The SMILES string of the molecule is Cc1ccc(C(=O)CN2CC3CCC(O)C3C2)cc1. The normalized spacial score (nSPS) is 30.5. The van der Waals surface area contributed by atoms with Gasteiger partial charge in [0.05, 0.1) is 12.6 Å². The number of benzene rings is 1. The molecule has 3 rings (SSSR count). The van der Waals surface area contributed by atoms with Crippen LogP contribution >= 0.6 is 0 Å². The molecular formula is C16H21NO2. The van der Waals surface area contributed by atoms with Crippen LogP contribution in [-0.2, 0) is 0 Å². The molecular weight excluding hydrogens is 238 g/mol. The Hall–Kier alpha value is -1.19. The van der Waals surface area contributed by atoms with Crippen molar-refractivity contribution in [2.75, 3.05) is 19.6 Å². The minimum Gasteiger partial charge on any atom is -0.393 e. The van der Waals surface area contributed by atoms with E-state index >= 15 is 0 Å². The zero-order valence-corrected chi connectivity index (χ0v) is 11.4. The van der Waals surface area contributed by atoms with Crippen molar-refractivity contribution in [2.24, 2.45) is 11.8 Å². The van der Waals surface area contributed by atoms with E-state index in [9.17, 15) is 9.90 Å². The van der Waals surface area contributed by atoms with Gasteiger partial charge in [0.15, 0.2) is 5.78 Å². The fourth-order valence-electron chi connectivity index (χ4n) is 3.49. The Balaban J connectivity index is 1.60. The number of ketones is 1. The number of carbonyl (C=O) groups excluding carboxylic acids is 1. The molecule has 3 atom stereocenters. The van der Waals surface area contributed by atoms with Gasteiger partial charge in [-0.05, 0) is 25.7 Å². The van der Waals surface area contributed by atoms with Crippen LogP contribution in [0.1, 0.15) is 28.8 Å². The number of Topliss-reactive ketones (excluding diaryl/α,β-unsaturated/α-hetero) is 1. The summed E-state index contributed by atoms with van der Waals surface area (Å²) < 4.78 is 0. The molecule has 19 heavy (non-hydrogen) atoms. The molecule has 102 valence electrons. The Morgan fingerprint density at radius 1 is 1.26 bits per heavy atom. The van der Waals surface area contributed by atoms with Crippen molar-refractivity contribution in [2.45, 2.75) is 25.9 Å². The average Bonchev–Trinajstić information content (AvgIpc) is 2.93. The third-order valence-corrected chi connectivity index (χ3v) is 4.64. The maximum absolute atomic E-state index is 12.2. The highest BCUT2D eigenvalue weighted by Crippen LogP contribution is 2.37. The molecule has 1 aromatic rings. The number of fused-ring (bicyclic) bond motifs is 1. The van der Waals surface area contributed by atoms with E-state index in [4.69, 9.17) is 0 Å². The van der Waals surface area contributed by atoms with Crippen LogP contribution in [-0.4, -0.2) is 41.5 Å². The molecule has 1 saturated carbocycles. The van der Waals surface area contributed by atoms with Crippen molar-refractivity contribution >= 4 is 5.78 Å². The van der Waals surface area contributed by atoms with Gasteiger partial charge in [-0.3, -0.25) is 9.69 Å². The van der Waals surface area contributed by atoms with Gasteiger partial charge in [-0.25, -0.2) is 0 Å². The number of carbonyl (C=O) groups is 1. The third kappa shape index (κ3) is 2.58. The summed E-state index contributed by atoms with van der Waals surface area (Å²) in [6.07, 6.45) is 1.90. The van der Waals surface area contributed by atoms with Crippen LogP contribution in [0.15, 0.2) is 24.3 Å². The lowest BCUT2D eigenvalue weighted by atomic mass is 10.00. The number of hydrogen-bond donors (Lipinski definition) is 1. The molecule has 0 radical (unpaired) electrons. The zero-order chi connectivity index (χ0) is 13.4. The fraction of sp³-hybridized carbons (Fsp3) is 0.562. The molecule has 2 aliphatic rings. The molecule has 0 amide bonds. The molecule has 3 unspecified atom stereocenters. The first-order valence-corrected chi connectivity index (χ1v) is 7.14. The highest BCUT2D eigenvalue weighted by atomic mass is 16.3. The molecule has 1 aromatic carbocycles. The number of hydrogen-bond acceptors (Lipinski definition) is 3. The maximum Gasteiger partial charge on any atom is 0.176 e. The lowest BCUT2D eigenvalue weighted by Gasteiger charge is -2.17. The van der Waals surface area contributed by atoms with Crippen LogP contribution in [0.3, 0.4) is 0 Å². The lowest BCUT2D eigenvalue weighted by Crippen LogP contribution is -2.30. The molecule has 1 heterocycles. The quantitative estimate of drug-likeness (QED) is 0.843. The van der Waals surface area contributed by atoms with E-state index in [-0.39, 0.29) is 11.9 Å². The van der Waals surface area contributed by atoms with Gasteiger partial charge in [0, 0.05) is 24.6 Å². The van der Waals surface area contributed by atoms with Crippen LogP contribution in [0, 0.1) is 18.8 Å². The van der Waals surface area contributed by atoms with Crippen LogP contribution in [0.4, 0.5) is 0 Å². The number of nitrogens with zero attached hydrogens (tertiary/aromatic N) is 1. The molecule has 0 bridgehead atoms. The molecule has 0 spiro atoms. The Bertz CT molecular complexity index is 468. The summed E-state index contributed by atoms with van der Waals surface area (Å²) >= 11 is 0. The van der Waals surface area contributed by atoms with Crippen LogP contribution in [0.5, 0.6) is 0 Å². The van der Waals surface area contributed by atoms with Gasteiger partial charge in [0.25, 0.3) is 0 Å². The Labute approximate surface area is 114 Å². The molecule has 2 fully saturated rings. The van der Waals surface area contributed by atoms with Crippen LogP contribution < -0.4 is 0 Å². The maximum atomic E-state index is 12.2. The summed E-state index contributed by atoms with van der Waals surface area (Å²) in [5.74, 6) is 1.18. The molecule has 3 heteroatoms. The standard InChI is InChI=1S/C16H21NO2/c1-11-2-4-12(5-3-11)16(19)10-17-8-13-6-7-15(18)14(13)9-17/h2-5,13-15,18H,6-10H2,1H3. The van der Waals surface area contributed by atoms with Crippen LogP contribution in [0.25, 0.3) is 0 Å². The van der Waals surface area contributed by atoms with Crippen molar-refractivity contribution < 1.29 is 9.90 Å². The number of aryl methyl sites for hydroxylation is 1. The summed E-state index contributed by atoms with van der Waals surface area (Å²) in [7, 11) is 0. The Morgan fingerprint density at radius 2 is 2.00 bits per heavy atom. The highest BCUT2D eigenvalue weighted by Gasteiger charge is 2.41. The van der Waals surface area contributed by atoms with Gasteiger partial charge in [-0.1, -0.05) is 29.8 Å². The van der Waals surface area contributed by atoms with E-state index < -0.39 is 0 Å². The summed E-state index contributed by atoms with van der Waals surface area (Å²) in [5.41, 5.74) is 1.97. The van der Waals surface area contributed by atoms with E-state index in [2.05, 4.69) is 4.90 Å². The van der Waals surface area contributed by atoms with Gasteiger partial charge >= 0.3 is 0 Å². The minimum atomic E-state index is -0.149. The first-order valence-electron chi connectivity index (χ1n) is 7.14. The predicted molar refractivity (Wildman–Crippen MR) is 74.2 cm³/mol. The molecule has 1 aliphatic heterocycles. The zero-order valence-electron chi connectivity index (χ0n) is 11.4. The molecule has 1 aliphatic carbocycles. The van der Waals surface area contributed by atoms with Crippen molar-refractivity contribution in [3.8, 4) is 0 Å². The largest absolute Gasteiger partial charge is 0.393 e. The number of aliphatic hydroxyl groups excluding tert-OH is 1. The van der Waals surface area contributed by atoms with E-state index in [0.717, 1.165) is 31.5 Å². The third-order valence-electron chi connectivity index (χ3n) is 4.64. The van der Waals surface area contributed by atoms with E-state index in [1.54, 1.807) is 0 Å². The minimum absolute atomic E-state index is 0.149. The van der Waals surface area contributed by atoms with Gasteiger partial charge in [-0.15, -0.1) is 0 Å². The van der Waals surface area contributed by atoms with Crippen molar-refractivity contribution in [3.63, 3.8) is 0 Å². The van der Waals surface area contributed by atoms with E-state index in [0.29, 0.717) is 18.4 Å². The van der Waals surface area contributed by atoms with E-state index in [1.807, 2.05) is 31.2 Å². The second-order valence-corrected chi connectivity index (χ2v) is 6.05. The second-order valence-electron chi connectivity index (χ2n) is 6.05. The van der Waals surface area contributed by atoms with Gasteiger partial charge < -0.3 is 5.11 Å². The fourth-order valence-corrected chi connectivity index (χ4v) is 3.49. The molecule has 1 saturated heterocycles. The van der Waals surface area contributed by atoms with E-state index in [1.165, 1.54) is 5.56 Å². The first kappa shape index (κ1) is 12.8. The van der Waals surface area contributed by atoms with Gasteiger partial charge in [0.1, 0.15) is 0 Å². The monoisotopic (exact) mass is 259 g/mol. The van der Waals surface area contributed by atoms with Crippen molar-refractivity contribution in [1.82, 2.24) is 4.90 Å². The van der Waals surface area contributed by atoms with Crippen molar-refractivity contribution in [3.05, 3.63) is 35.4 Å². The summed E-state index contributed by atoms with van der Waals surface area (Å²) in [5, 5.41) is 9.89. The van der Waals surface area contributed by atoms with Crippen molar-refractivity contribution in [1.29, 1.82) is 0 Å².